The molecule has 3 N–H and O–H groups in total. The predicted molar refractivity (Wildman–Crippen MR) is 56.9 cm³/mol. The molecule has 1 aromatic rings. The maximum atomic E-state index is 10.6. The highest BCUT2D eigenvalue weighted by molar-refractivity contribution is 5.85. The number of anilines is 1. The number of aliphatic hydroxyl groups is 1. The van der Waals surface area contributed by atoms with E-state index in [4.69, 9.17) is 16.6 Å². The standard InChI is InChI=1S/C10H11N3O3/c1-2-3-7(6-14)12-9-5-11-4-8(13-9)10(15)16/h1,4-5,7,14H,3,6H2,(H,12,13)(H,15,16). The van der Waals surface area contributed by atoms with E-state index in [0.717, 1.165) is 6.20 Å². The van der Waals surface area contributed by atoms with Gasteiger partial charge in [-0.15, -0.1) is 12.3 Å². The average Bonchev–Trinajstić information content (AvgIpc) is 2.29. The molecule has 0 aromatic carbocycles. The molecule has 0 spiro atoms. The molecule has 0 bridgehead atoms. The number of carboxylic acids is 1. The Morgan fingerprint density at radius 1 is 1.62 bits per heavy atom. The van der Waals surface area contributed by atoms with Crippen molar-refractivity contribution in [2.24, 2.45) is 0 Å². The third-order valence-corrected chi connectivity index (χ3v) is 1.79. The maximum Gasteiger partial charge on any atom is 0.356 e. The lowest BCUT2D eigenvalue weighted by molar-refractivity contribution is 0.0690. The van der Waals surface area contributed by atoms with Crippen molar-refractivity contribution in [1.29, 1.82) is 0 Å². The van der Waals surface area contributed by atoms with Crippen molar-refractivity contribution in [1.82, 2.24) is 9.97 Å². The van der Waals surface area contributed by atoms with Crippen LogP contribution >= 0.6 is 0 Å². The lowest BCUT2D eigenvalue weighted by Crippen LogP contribution is -2.24. The number of carbonyl (C=O) groups is 1. The summed E-state index contributed by atoms with van der Waals surface area (Å²) in [5.41, 5.74) is -0.164. The fourth-order valence-electron chi connectivity index (χ4n) is 1.05. The van der Waals surface area contributed by atoms with Gasteiger partial charge in [0.2, 0.25) is 0 Å². The summed E-state index contributed by atoms with van der Waals surface area (Å²) < 4.78 is 0. The summed E-state index contributed by atoms with van der Waals surface area (Å²) in [6.07, 6.45) is 7.93. The van der Waals surface area contributed by atoms with Crippen molar-refractivity contribution in [3.63, 3.8) is 0 Å². The van der Waals surface area contributed by atoms with Gasteiger partial charge in [-0.3, -0.25) is 4.98 Å². The normalized spacial score (nSPS) is 11.5. The van der Waals surface area contributed by atoms with E-state index in [0.29, 0.717) is 6.42 Å². The molecular formula is C10H11N3O3. The summed E-state index contributed by atoms with van der Waals surface area (Å²) in [7, 11) is 0. The molecule has 0 saturated carbocycles. The van der Waals surface area contributed by atoms with E-state index in [1.165, 1.54) is 6.20 Å². The third kappa shape index (κ3) is 3.22. The molecule has 6 heteroatoms. The van der Waals surface area contributed by atoms with Gasteiger partial charge in [-0.2, -0.15) is 0 Å². The Kier molecular flexibility index (Phi) is 4.24. The molecule has 1 heterocycles. The van der Waals surface area contributed by atoms with Crippen LogP contribution in [0.2, 0.25) is 0 Å². The van der Waals surface area contributed by atoms with Crippen LogP contribution in [-0.4, -0.2) is 38.8 Å². The van der Waals surface area contributed by atoms with Crippen LogP contribution in [0.4, 0.5) is 5.82 Å². The Bertz CT molecular complexity index is 414. The van der Waals surface area contributed by atoms with E-state index in [2.05, 4.69) is 21.2 Å². The zero-order chi connectivity index (χ0) is 12.0. The molecule has 0 fully saturated rings. The molecule has 1 aromatic heterocycles. The maximum absolute atomic E-state index is 10.6. The fraction of sp³-hybridized carbons (Fsp3) is 0.300. The molecule has 6 nitrogen and oxygen atoms in total. The lowest BCUT2D eigenvalue weighted by Gasteiger charge is -2.13. The summed E-state index contributed by atoms with van der Waals surface area (Å²) in [4.78, 5) is 18.1. The number of aliphatic hydroxyl groups excluding tert-OH is 1. The smallest absolute Gasteiger partial charge is 0.356 e. The Labute approximate surface area is 92.4 Å². The van der Waals surface area contributed by atoms with Crippen molar-refractivity contribution in [3.8, 4) is 12.3 Å². The van der Waals surface area contributed by atoms with E-state index in [1.54, 1.807) is 0 Å². The molecular weight excluding hydrogens is 210 g/mol. The first-order valence-electron chi connectivity index (χ1n) is 4.53. The first-order chi connectivity index (χ1) is 7.67. The van der Waals surface area contributed by atoms with E-state index >= 15 is 0 Å². The molecule has 0 aliphatic rings. The number of rotatable bonds is 5. The van der Waals surface area contributed by atoms with Gasteiger partial charge in [0.05, 0.1) is 25.0 Å². The van der Waals surface area contributed by atoms with Crippen LogP contribution in [0.3, 0.4) is 0 Å². The number of hydrogen-bond acceptors (Lipinski definition) is 5. The Hall–Kier alpha value is -2.13. The molecule has 0 radical (unpaired) electrons. The minimum atomic E-state index is -1.16. The summed E-state index contributed by atoms with van der Waals surface area (Å²) in [6.45, 7) is -0.164. The van der Waals surface area contributed by atoms with Crippen molar-refractivity contribution < 1.29 is 15.0 Å². The average molecular weight is 221 g/mol. The third-order valence-electron chi connectivity index (χ3n) is 1.79. The quantitative estimate of drug-likeness (QED) is 0.604. The van der Waals surface area contributed by atoms with Crippen LogP contribution in [0.5, 0.6) is 0 Å². The molecule has 0 aliphatic carbocycles. The van der Waals surface area contributed by atoms with Crippen LogP contribution < -0.4 is 5.32 Å². The van der Waals surface area contributed by atoms with E-state index in [1.807, 2.05) is 0 Å². The summed E-state index contributed by atoms with van der Waals surface area (Å²) in [5, 5.41) is 20.5. The number of nitrogens with zero attached hydrogens (tertiary/aromatic N) is 2. The summed E-state index contributed by atoms with van der Waals surface area (Å²) in [5.74, 6) is 1.50. The first-order valence-corrected chi connectivity index (χ1v) is 4.53. The van der Waals surface area contributed by atoms with Gasteiger partial charge in [0.1, 0.15) is 5.82 Å². The predicted octanol–water partition coefficient (Wildman–Crippen LogP) is -0.0291. The SMILES string of the molecule is C#CCC(CO)Nc1cncc(C(=O)O)n1. The zero-order valence-corrected chi connectivity index (χ0v) is 8.42. The Morgan fingerprint density at radius 3 is 2.94 bits per heavy atom. The van der Waals surface area contributed by atoms with Crippen molar-refractivity contribution >= 4 is 11.8 Å². The summed E-state index contributed by atoms with van der Waals surface area (Å²) in [6, 6.07) is -0.358. The van der Waals surface area contributed by atoms with Gasteiger partial charge < -0.3 is 15.5 Å². The van der Waals surface area contributed by atoms with Crippen LogP contribution in [0, 0.1) is 12.3 Å². The number of aromatic carboxylic acids is 1. The molecule has 1 atom stereocenters. The fourth-order valence-corrected chi connectivity index (χ4v) is 1.05. The molecule has 84 valence electrons. The largest absolute Gasteiger partial charge is 0.476 e. The van der Waals surface area contributed by atoms with Gasteiger partial charge in [0.15, 0.2) is 5.69 Å². The van der Waals surface area contributed by atoms with E-state index in [9.17, 15) is 4.79 Å². The van der Waals surface area contributed by atoms with Crippen LogP contribution in [0.15, 0.2) is 12.4 Å². The second-order valence-corrected chi connectivity index (χ2v) is 3.03. The zero-order valence-electron chi connectivity index (χ0n) is 8.42. The number of nitrogens with one attached hydrogen (secondary N) is 1. The molecule has 1 unspecified atom stereocenters. The number of aromatic nitrogens is 2. The molecule has 0 saturated heterocycles. The van der Waals surface area contributed by atoms with Gasteiger partial charge >= 0.3 is 5.97 Å². The van der Waals surface area contributed by atoms with Gasteiger partial charge in [-0.25, -0.2) is 9.78 Å². The van der Waals surface area contributed by atoms with Gasteiger partial charge in [0, 0.05) is 6.42 Å². The second kappa shape index (κ2) is 5.68. The highest BCUT2D eigenvalue weighted by Crippen LogP contribution is 2.05. The number of hydrogen-bond donors (Lipinski definition) is 3. The minimum absolute atomic E-state index is 0.164. The number of terminal acetylenes is 1. The van der Waals surface area contributed by atoms with Gasteiger partial charge in [-0.05, 0) is 0 Å². The van der Waals surface area contributed by atoms with Crippen LogP contribution in [0.25, 0.3) is 0 Å². The Balaban J connectivity index is 2.77. The monoisotopic (exact) mass is 221 g/mol. The van der Waals surface area contributed by atoms with Crippen LogP contribution in [0.1, 0.15) is 16.9 Å². The second-order valence-electron chi connectivity index (χ2n) is 3.03. The van der Waals surface area contributed by atoms with Crippen LogP contribution in [-0.2, 0) is 0 Å². The van der Waals surface area contributed by atoms with Gasteiger partial charge in [-0.1, -0.05) is 0 Å². The minimum Gasteiger partial charge on any atom is -0.476 e. The van der Waals surface area contributed by atoms with Crippen molar-refractivity contribution in [2.45, 2.75) is 12.5 Å². The Morgan fingerprint density at radius 2 is 2.38 bits per heavy atom. The molecule has 16 heavy (non-hydrogen) atoms. The highest BCUT2D eigenvalue weighted by atomic mass is 16.4. The molecule has 1 rings (SSSR count). The van der Waals surface area contributed by atoms with E-state index in [-0.39, 0.29) is 24.2 Å². The first kappa shape index (κ1) is 11.9. The van der Waals surface area contributed by atoms with Crippen molar-refractivity contribution in [3.05, 3.63) is 18.1 Å². The highest BCUT2D eigenvalue weighted by Gasteiger charge is 2.09. The lowest BCUT2D eigenvalue weighted by atomic mass is 10.2. The molecule has 0 aliphatic heterocycles. The van der Waals surface area contributed by atoms with Gasteiger partial charge in [0.25, 0.3) is 0 Å². The molecule has 0 amide bonds. The van der Waals surface area contributed by atoms with Crippen molar-refractivity contribution in [2.75, 3.05) is 11.9 Å². The van der Waals surface area contributed by atoms with E-state index < -0.39 is 5.97 Å². The summed E-state index contributed by atoms with van der Waals surface area (Å²) >= 11 is 0. The topological polar surface area (TPSA) is 95.3 Å². The number of carboxylic acid groups (broad SMARTS) is 1.